The van der Waals surface area contributed by atoms with E-state index in [1.54, 1.807) is 0 Å². The first-order valence-electron chi connectivity index (χ1n) is 5.71. The van der Waals surface area contributed by atoms with Gasteiger partial charge in [-0.25, -0.2) is 0 Å². The fourth-order valence-electron chi connectivity index (χ4n) is 2.23. The quantitative estimate of drug-likeness (QED) is 0.887. The Bertz CT molecular complexity index is 419. The lowest BCUT2D eigenvalue weighted by Gasteiger charge is -2.50. The minimum atomic E-state index is -0.214. The van der Waals surface area contributed by atoms with E-state index < -0.39 is 0 Å². The third-order valence-electron chi connectivity index (χ3n) is 3.82. The van der Waals surface area contributed by atoms with E-state index in [1.807, 2.05) is 6.07 Å². The van der Waals surface area contributed by atoms with Gasteiger partial charge in [0.15, 0.2) is 0 Å². The molecule has 1 fully saturated rings. The fraction of sp³-hybridized carbons (Fsp3) is 0.667. The van der Waals surface area contributed by atoms with Crippen LogP contribution in [0.15, 0.2) is 6.07 Å². The van der Waals surface area contributed by atoms with Crippen LogP contribution in [0.2, 0.25) is 8.67 Å². The number of aliphatic hydroxyl groups is 1. The summed E-state index contributed by atoms with van der Waals surface area (Å²) >= 11 is 13.5. The first kappa shape index (κ1) is 13.6. The highest BCUT2D eigenvalue weighted by molar-refractivity contribution is 7.20. The Morgan fingerprint density at radius 2 is 2.18 bits per heavy atom. The van der Waals surface area contributed by atoms with Gasteiger partial charge in [0.1, 0.15) is 0 Å². The van der Waals surface area contributed by atoms with Gasteiger partial charge >= 0.3 is 0 Å². The summed E-state index contributed by atoms with van der Waals surface area (Å²) in [6.07, 6.45) is 0.584. The standard InChI is InChI=1S/C12H17Cl2NOS/c1-6(7-4-10(13)17-11(7)14)15-8-5-9(16)12(8,2)3/h4,6,8-9,15-16H,5H2,1-3H3. The Kier molecular flexibility index (Phi) is 3.77. The predicted molar refractivity (Wildman–Crippen MR) is 74.1 cm³/mol. The van der Waals surface area contributed by atoms with E-state index in [0.29, 0.717) is 10.4 Å². The summed E-state index contributed by atoms with van der Waals surface area (Å²) in [5.74, 6) is 0. The van der Waals surface area contributed by atoms with E-state index in [1.165, 1.54) is 11.3 Å². The summed E-state index contributed by atoms with van der Waals surface area (Å²) in [4.78, 5) is 0. The molecule has 3 unspecified atom stereocenters. The number of rotatable bonds is 3. The molecule has 1 aliphatic rings. The zero-order chi connectivity index (χ0) is 12.8. The van der Waals surface area contributed by atoms with Gasteiger partial charge in [-0.15, -0.1) is 11.3 Å². The molecule has 1 heterocycles. The van der Waals surface area contributed by atoms with Gasteiger partial charge in [-0.3, -0.25) is 0 Å². The van der Waals surface area contributed by atoms with Gasteiger partial charge in [-0.2, -0.15) is 0 Å². The molecule has 1 aromatic heterocycles. The highest BCUT2D eigenvalue weighted by Gasteiger charge is 2.47. The van der Waals surface area contributed by atoms with Crippen molar-refractivity contribution in [2.45, 2.75) is 45.4 Å². The maximum atomic E-state index is 9.70. The normalized spacial score (nSPS) is 28.8. The molecule has 0 radical (unpaired) electrons. The van der Waals surface area contributed by atoms with E-state index in [0.717, 1.165) is 16.3 Å². The van der Waals surface area contributed by atoms with Crippen LogP contribution in [0.3, 0.4) is 0 Å². The molecule has 1 aliphatic carbocycles. The average molecular weight is 294 g/mol. The van der Waals surface area contributed by atoms with Crippen molar-refractivity contribution in [3.8, 4) is 0 Å². The molecule has 1 saturated carbocycles. The topological polar surface area (TPSA) is 32.3 Å². The van der Waals surface area contributed by atoms with Crippen LogP contribution in [0.1, 0.15) is 38.8 Å². The van der Waals surface area contributed by atoms with Gasteiger partial charge in [-0.05, 0) is 25.0 Å². The first-order chi connectivity index (χ1) is 7.82. The molecular formula is C12H17Cl2NOS. The summed E-state index contributed by atoms with van der Waals surface area (Å²) in [5.41, 5.74) is 0.972. The highest BCUT2D eigenvalue weighted by Crippen LogP contribution is 2.42. The maximum absolute atomic E-state index is 9.70. The van der Waals surface area contributed by atoms with Crippen LogP contribution in [-0.4, -0.2) is 17.3 Å². The number of hydrogen-bond donors (Lipinski definition) is 2. The molecule has 2 rings (SSSR count). The lowest BCUT2D eigenvalue weighted by molar-refractivity contribution is -0.0754. The smallest absolute Gasteiger partial charge is 0.0991 e. The number of halogens is 2. The number of hydrogen-bond acceptors (Lipinski definition) is 3. The summed E-state index contributed by atoms with van der Waals surface area (Å²) in [6.45, 7) is 6.23. The number of thiophene rings is 1. The molecule has 0 bridgehead atoms. The summed E-state index contributed by atoms with van der Waals surface area (Å²) in [6, 6.07) is 2.39. The van der Waals surface area contributed by atoms with Crippen LogP contribution in [0.5, 0.6) is 0 Å². The molecule has 2 N–H and O–H groups in total. The third kappa shape index (κ3) is 2.49. The second-order valence-corrected chi connectivity index (χ2v) is 7.58. The fourth-order valence-corrected chi connectivity index (χ4v) is 3.87. The molecule has 96 valence electrons. The second kappa shape index (κ2) is 4.71. The lowest BCUT2D eigenvalue weighted by Crippen LogP contribution is -2.60. The van der Waals surface area contributed by atoms with Gasteiger partial charge in [0.25, 0.3) is 0 Å². The van der Waals surface area contributed by atoms with E-state index in [9.17, 15) is 5.11 Å². The molecule has 0 aliphatic heterocycles. The van der Waals surface area contributed by atoms with Crippen LogP contribution >= 0.6 is 34.5 Å². The Morgan fingerprint density at radius 3 is 2.59 bits per heavy atom. The lowest BCUT2D eigenvalue weighted by atomic mass is 9.64. The predicted octanol–water partition coefficient (Wildman–Crippen LogP) is 3.86. The molecule has 0 amide bonds. The van der Waals surface area contributed by atoms with Crippen LogP contribution in [0, 0.1) is 5.41 Å². The molecule has 0 saturated heterocycles. The number of aliphatic hydroxyl groups excluding tert-OH is 1. The molecule has 3 atom stereocenters. The summed E-state index contributed by atoms with van der Waals surface area (Å²) in [5, 5.41) is 13.2. The van der Waals surface area contributed by atoms with Crippen LogP contribution < -0.4 is 5.32 Å². The molecule has 2 nitrogen and oxygen atoms in total. The minimum Gasteiger partial charge on any atom is -0.392 e. The van der Waals surface area contributed by atoms with E-state index >= 15 is 0 Å². The minimum absolute atomic E-state index is 0.0689. The molecule has 0 spiro atoms. The van der Waals surface area contributed by atoms with Crippen molar-refractivity contribution in [3.05, 3.63) is 20.3 Å². The van der Waals surface area contributed by atoms with Crippen molar-refractivity contribution in [1.29, 1.82) is 0 Å². The summed E-state index contributed by atoms with van der Waals surface area (Å²) in [7, 11) is 0. The molecule has 5 heteroatoms. The van der Waals surface area contributed by atoms with Crippen LogP contribution in [0.25, 0.3) is 0 Å². The van der Waals surface area contributed by atoms with Crippen molar-refractivity contribution < 1.29 is 5.11 Å². The third-order valence-corrected chi connectivity index (χ3v) is 5.33. The molecular weight excluding hydrogens is 277 g/mol. The Balaban J connectivity index is 2.03. The van der Waals surface area contributed by atoms with E-state index in [-0.39, 0.29) is 17.6 Å². The van der Waals surface area contributed by atoms with Crippen LogP contribution in [0.4, 0.5) is 0 Å². The SMILES string of the molecule is CC(NC1CC(O)C1(C)C)c1cc(Cl)sc1Cl. The van der Waals surface area contributed by atoms with Crippen molar-refractivity contribution >= 4 is 34.5 Å². The van der Waals surface area contributed by atoms with Crippen molar-refractivity contribution in [2.75, 3.05) is 0 Å². The average Bonchev–Trinajstić information content (AvgIpc) is 2.57. The highest BCUT2D eigenvalue weighted by atomic mass is 35.5. The van der Waals surface area contributed by atoms with E-state index in [4.69, 9.17) is 23.2 Å². The van der Waals surface area contributed by atoms with Crippen molar-refractivity contribution in [1.82, 2.24) is 5.32 Å². The Labute approximate surface area is 116 Å². The zero-order valence-corrected chi connectivity index (χ0v) is 12.5. The van der Waals surface area contributed by atoms with Gasteiger partial charge in [-0.1, -0.05) is 37.0 Å². The van der Waals surface area contributed by atoms with Gasteiger partial charge in [0.05, 0.1) is 14.8 Å². The first-order valence-corrected chi connectivity index (χ1v) is 7.28. The van der Waals surface area contributed by atoms with Crippen molar-refractivity contribution in [3.63, 3.8) is 0 Å². The zero-order valence-electron chi connectivity index (χ0n) is 10.1. The Morgan fingerprint density at radius 1 is 1.53 bits per heavy atom. The van der Waals surface area contributed by atoms with Crippen LogP contribution in [-0.2, 0) is 0 Å². The van der Waals surface area contributed by atoms with Gasteiger partial charge < -0.3 is 10.4 Å². The molecule has 1 aromatic rings. The van der Waals surface area contributed by atoms with Gasteiger partial charge in [0, 0.05) is 17.5 Å². The monoisotopic (exact) mass is 293 g/mol. The van der Waals surface area contributed by atoms with E-state index in [2.05, 4.69) is 26.1 Å². The Hall–Kier alpha value is 0.200. The summed E-state index contributed by atoms with van der Waals surface area (Å²) < 4.78 is 1.46. The maximum Gasteiger partial charge on any atom is 0.0991 e. The largest absolute Gasteiger partial charge is 0.392 e. The van der Waals surface area contributed by atoms with Gasteiger partial charge in [0.2, 0.25) is 0 Å². The second-order valence-electron chi connectivity index (χ2n) is 5.29. The number of nitrogens with one attached hydrogen (secondary N) is 1. The molecule has 0 aromatic carbocycles. The molecule has 17 heavy (non-hydrogen) atoms. The van der Waals surface area contributed by atoms with Crippen molar-refractivity contribution in [2.24, 2.45) is 5.41 Å².